The molecule has 0 saturated heterocycles. The number of fused-ring (bicyclic) bond motifs is 1. The molecule has 0 atom stereocenters. The molecule has 2 nitrogen and oxygen atoms in total. The van der Waals surface area contributed by atoms with E-state index in [9.17, 15) is 0 Å². The Kier molecular flexibility index (Phi) is 3.69. The van der Waals surface area contributed by atoms with Gasteiger partial charge in [0.2, 0.25) is 5.55 Å². The zero-order chi connectivity index (χ0) is 14.7. The molecule has 2 heteroatoms. The summed E-state index contributed by atoms with van der Waals surface area (Å²) in [6.07, 6.45) is 2.67. The average molecular weight is 275 g/mol. The molecule has 104 valence electrons. The highest BCUT2D eigenvalue weighted by Gasteiger charge is 2.12. The van der Waals surface area contributed by atoms with Crippen molar-refractivity contribution in [1.29, 1.82) is 0 Å². The number of allylic oxidation sites excluding steroid dienone is 1. The molecule has 0 fully saturated rings. The van der Waals surface area contributed by atoms with Crippen LogP contribution in [0, 0.1) is 0 Å². The standard InChI is InChI=1S/C19H17NO/c1-3-9-16-15-12-7-8-13-17(15)19(20-2)21-18(16)14-10-5-4-6-11-14/h3-8,10-13H,1,9H2,2H3. The van der Waals surface area contributed by atoms with Crippen LogP contribution in [-0.2, 0) is 6.42 Å². The third kappa shape index (κ3) is 2.40. The van der Waals surface area contributed by atoms with Crippen molar-refractivity contribution >= 4 is 10.8 Å². The van der Waals surface area contributed by atoms with Crippen LogP contribution in [0.3, 0.4) is 0 Å². The van der Waals surface area contributed by atoms with Gasteiger partial charge in [0.1, 0.15) is 5.76 Å². The fraction of sp³-hybridized carbons (Fsp3) is 0.105. The highest BCUT2D eigenvalue weighted by atomic mass is 16.3. The maximum Gasteiger partial charge on any atom is 0.222 e. The Hall–Kier alpha value is -2.61. The molecule has 0 unspecified atom stereocenters. The number of hydrogen-bond donors (Lipinski definition) is 0. The predicted molar refractivity (Wildman–Crippen MR) is 87.0 cm³/mol. The van der Waals surface area contributed by atoms with Gasteiger partial charge >= 0.3 is 0 Å². The molecule has 2 aromatic carbocycles. The fourth-order valence-electron chi connectivity index (χ4n) is 2.60. The fourth-order valence-corrected chi connectivity index (χ4v) is 2.60. The first kappa shape index (κ1) is 13.4. The molecule has 1 heterocycles. The molecule has 0 amide bonds. The lowest BCUT2D eigenvalue weighted by atomic mass is 9.99. The van der Waals surface area contributed by atoms with Crippen molar-refractivity contribution in [2.24, 2.45) is 4.99 Å². The smallest absolute Gasteiger partial charge is 0.222 e. The summed E-state index contributed by atoms with van der Waals surface area (Å²) in [5.41, 5.74) is 2.88. The molecule has 0 N–H and O–H groups in total. The highest BCUT2D eigenvalue weighted by Crippen LogP contribution is 2.28. The average Bonchev–Trinajstić information content (AvgIpc) is 2.56. The van der Waals surface area contributed by atoms with E-state index in [0.29, 0.717) is 5.55 Å². The predicted octanol–water partition coefficient (Wildman–Crippen LogP) is 4.36. The quantitative estimate of drug-likeness (QED) is 0.652. The Morgan fingerprint density at radius 3 is 2.33 bits per heavy atom. The molecule has 0 bridgehead atoms. The summed E-state index contributed by atoms with van der Waals surface area (Å²) in [4.78, 5) is 4.29. The lowest BCUT2D eigenvalue weighted by Crippen LogP contribution is -2.06. The summed E-state index contributed by atoms with van der Waals surface area (Å²) in [6, 6.07) is 18.4. The van der Waals surface area contributed by atoms with Crippen molar-refractivity contribution in [1.82, 2.24) is 0 Å². The van der Waals surface area contributed by atoms with Crippen molar-refractivity contribution in [3.8, 4) is 11.3 Å². The molecule has 0 aliphatic rings. The maximum atomic E-state index is 6.10. The van der Waals surface area contributed by atoms with E-state index in [4.69, 9.17) is 4.42 Å². The highest BCUT2D eigenvalue weighted by molar-refractivity contribution is 5.88. The second kappa shape index (κ2) is 5.80. The van der Waals surface area contributed by atoms with Crippen LogP contribution in [0.1, 0.15) is 5.56 Å². The summed E-state index contributed by atoms with van der Waals surface area (Å²) in [5, 5.41) is 2.21. The van der Waals surface area contributed by atoms with Crippen LogP contribution in [0.25, 0.3) is 22.1 Å². The van der Waals surface area contributed by atoms with Gasteiger partial charge in [0.25, 0.3) is 0 Å². The van der Waals surface area contributed by atoms with Crippen LogP contribution in [0.5, 0.6) is 0 Å². The Labute approximate surface area is 124 Å². The third-order valence-electron chi connectivity index (χ3n) is 3.54. The summed E-state index contributed by atoms with van der Waals surface area (Å²) in [5.74, 6) is 0.870. The van der Waals surface area contributed by atoms with E-state index in [0.717, 1.165) is 28.7 Å². The van der Waals surface area contributed by atoms with Gasteiger partial charge in [0.05, 0.1) is 0 Å². The van der Waals surface area contributed by atoms with Gasteiger partial charge in [0, 0.05) is 23.6 Å². The van der Waals surface area contributed by atoms with E-state index in [1.165, 1.54) is 5.39 Å². The molecule has 0 spiro atoms. The minimum atomic E-state index is 0.664. The minimum Gasteiger partial charge on any atom is -0.438 e. The van der Waals surface area contributed by atoms with Crippen molar-refractivity contribution in [3.63, 3.8) is 0 Å². The summed E-state index contributed by atoms with van der Waals surface area (Å²) in [7, 11) is 1.76. The zero-order valence-electron chi connectivity index (χ0n) is 12.0. The largest absolute Gasteiger partial charge is 0.438 e. The van der Waals surface area contributed by atoms with Gasteiger partial charge in [-0.15, -0.1) is 6.58 Å². The van der Waals surface area contributed by atoms with Gasteiger partial charge in [-0.1, -0.05) is 54.6 Å². The Morgan fingerprint density at radius 2 is 1.67 bits per heavy atom. The molecule has 3 aromatic rings. The second-order valence-corrected chi connectivity index (χ2v) is 4.84. The molecule has 0 aliphatic carbocycles. The topological polar surface area (TPSA) is 25.5 Å². The van der Waals surface area contributed by atoms with Crippen LogP contribution < -0.4 is 5.55 Å². The summed E-state index contributed by atoms with van der Waals surface area (Å²) >= 11 is 0. The molecule has 0 aliphatic heterocycles. The van der Waals surface area contributed by atoms with Gasteiger partial charge < -0.3 is 4.42 Å². The number of hydrogen-bond acceptors (Lipinski definition) is 2. The lowest BCUT2D eigenvalue weighted by molar-refractivity contribution is 0.513. The molecular weight excluding hydrogens is 258 g/mol. The molecule has 0 saturated carbocycles. The van der Waals surface area contributed by atoms with E-state index in [1.54, 1.807) is 7.05 Å². The van der Waals surface area contributed by atoms with Crippen molar-refractivity contribution in [2.75, 3.05) is 7.05 Å². The molecule has 0 radical (unpaired) electrons. The van der Waals surface area contributed by atoms with Crippen molar-refractivity contribution < 1.29 is 4.42 Å². The van der Waals surface area contributed by atoms with Gasteiger partial charge in [-0.25, -0.2) is 0 Å². The normalized spacial score (nSPS) is 11.8. The first-order valence-electron chi connectivity index (χ1n) is 6.99. The van der Waals surface area contributed by atoms with Gasteiger partial charge in [-0.3, -0.25) is 4.99 Å². The van der Waals surface area contributed by atoms with Gasteiger partial charge in [-0.05, 0) is 17.9 Å². The minimum absolute atomic E-state index is 0.664. The summed E-state index contributed by atoms with van der Waals surface area (Å²) < 4.78 is 6.10. The first-order chi connectivity index (χ1) is 10.3. The van der Waals surface area contributed by atoms with E-state index in [-0.39, 0.29) is 0 Å². The maximum absolute atomic E-state index is 6.10. The van der Waals surface area contributed by atoms with E-state index >= 15 is 0 Å². The summed E-state index contributed by atoms with van der Waals surface area (Å²) in [6.45, 7) is 3.88. The Bertz CT molecular complexity index is 844. The zero-order valence-corrected chi connectivity index (χ0v) is 12.0. The number of rotatable bonds is 3. The molecular formula is C19H17NO. The Morgan fingerprint density at radius 1 is 1.00 bits per heavy atom. The van der Waals surface area contributed by atoms with Crippen LogP contribution in [0.4, 0.5) is 0 Å². The van der Waals surface area contributed by atoms with Crippen LogP contribution in [0.15, 0.2) is 76.7 Å². The Balaban J connectivity index is 2.43. The van der Waals surface area contributed by atoms with E-state index < -0.39 is 0 Å². The van der Waals surface area contributed by atoms with Crippen molar-refractivity contribution in [2.45, 2.75) is 6.42 Å². The van der Waals surface area contributed by atoms with Crippen LogP contribution >= 0.6 is 0 Å². The number of benzene rings is 2. The van der Waals surface area contributed by atoms with E-state index in [1.807, 2.05) is 42.5 Å². The number of nitrogens with zero attached hydrogens (tertiary/aromatic N) is 1. The van der Waals surface area contributed by atoms with Crippen LogP contribution in [-0.4, -0.2) is 7.05 Å². The SMILES string of the molecule is C=CCc1c(-c2ccccc2)oc(=NC)c2ccccc12. The molecule has 3 rings (SSSR count). The van der Waals surface area contributed by atoms with Gasteiger partial charge in [0.15, 0.2) is 0 Å². The molecule has 21 heavy (non-hydrogen) atoms. The van der Waals surface area contributed by atoms with E-state index in [2.05, 4.69) is 29.8 Å². The second-order valence-electron chi connectivity index (χ2n) is 4.84. The third-order valence-corrected chi connectivity index (χ3v) is 3.54. The van der Waals surface area contributed by atoms with Crippen LogP contribution in [0.2, 0.25) is 0 Å². The monoisotopic (exact) mass is 275 g/mol. The lowest BCUT2D eigenvalue weighted by Gasteiger charge is -2.11. The first-order valence-corrected chi connectivity index (χ1v) is 6.99. The van der Waals surface area contributed by atoms with Crippen molar-refractivity contribution in [3.05, 3.63) is 78.4 Å². The van der Waals surface area contributed by atoms with Gasteiger partial charge in [-0.2, -0.15) is 0 Å². The molecule has 1 aromatic heterocycles.